The third-order valence-electron chi connectivity index (χ3n) is 2.77. The topological polar surface area (TPSA) is 50.7 Å². The molecule has 4 nitrogen and oxygen atoms in total. The summed E-state index contributed by atoms with van der Waals surface area (Å²) < 4.78 is 0. The van der Waals surface area contributed by atoms with Crippen LogP contribution in [0.15, 0.2) is 36.7 Å². The van der Waals surface area contributed by atoms with Crippen molar-refractivity contribution in [1.29, 1.82) is 0 Å². The lowest BCUT2D eigenvalue weighted by Gasteiger charge is -2.22. The van der Waals surface area contributed by atoms with E-state index in [-0.39, 0.29) is 5.54 Å². The van der Waals surface area contributed by atoms with Crippen LogP contribution in [0.1, 0.15) is 19.7 Å². The van der Waals surface area contributed by atoms with Gasteiger partial charge in [-0.3, -0.25) is 4.98 Å². The molecule has 2 aromatic rings. The van der Waals surface area contributed by atoms with Crippen LogP contribution in [-0.2, 0) is 5.54 Å². The average molecular weight is 228 g/mol. The third kappa shape index (κ3) is 2.47. The molecular weight excluding hydrogens is 212 g/mol. The van der Waals surface area contributed by atoms with E-state index < -0.39 is 0 Å². The Bertz CT molecular complexity index is 494. The van der Waals surface area contributed by atoms with Gasteiger partial charge < -0.3 is 5.32 Å². The summed E-state index contributed by atoms with van der Waals surface area (Å²) in [5.41, 5.74) is 1.46. The fraction of sp³-hybridized carbons (Fsp3) is 0.308. The van der Waals surface area contributed by atoms with Gasteiger partial charge in [0.25, 0.3) is 0 Å². The number of pyridine rings is 1. The number of nitrogens with zero attached hydrogens (tertiary/aromatic N) is 3. The van der Waals surface area contributed by atoms with Gasteiger partial charge in [-0.1, -0.05) is 6.07 Å². The average Bonchev–Trinajstić information content (AvgIpc) is 2.40. The van der Waals surface area contributed by atoms with Crippen LogP contribution in [-0.4, -0.2) is 22.0 Å². The monoisotopic (exact) mass is 228 g/mol. The first-order valence-corrected chi connectivity index (χ1v) is 5.57. The number of nitrogens with one attached hydrogen (secondary N) is 1. The molecule has 17 heavy (non-hydrogen) atoms. The Hall–Kier alpha value is -1.81. The predicted molar refractivity (Wildman–Crippen MR) is 67.3 cm³/mol. The molecule has 0 aliphatic rings. The van der Waals surface area contributed by atoms with Gasteiger partial charge in [0.05, 0.1) is 16.9 Å². The summed E-state index contributed by atoms with van der Waals surface area (Å²) in [5, 5.41) is 3.19. The second-order valence-corrected chi connectivity index (χ2v) is 4.36. The van der Waals surface area contributed by atoms with E-state index in [1.54, 1.807) is 12.4 Å². The summed E-state index contributed by atoms with van der Waals surface area (Å²) in [5.74, 6) is 0.767. The summed E-state index contributed by atoms with van der Waals surface area (Å²) >= 11 is 0. The van der Waals surface area contributed by atoms with Gasteiger partial charge >= 0.3 is 0 Å². The highest BCUT2D eigenvalue weighted by Crippen LogP contribution is 2.18. The molecule has 0 bridgehead atoms. The van der Waals surface area contributed by atoms with Crippen molar-refractivity contribution < 1.29 is 0 Å². The van der Waals surface area contributed by atoms with Gasteiger partial charge in [-0.05, 0) is 39.1 Å². The molecular formula is C13H16N4. The molecule has 0 radical (unpaired) electrons. The van der Waals surface area contributed by atoms with Crippen LogP contribution in [0.5, 0.6) is 0 Å². The Morgan fingerprint density at radius 1 is 1.00 bits per heavy atom. The van der Waals surface area contributed by atoms with Crippen molar-refractivity contribution in [3.05, 3.63) is 42.5 Å². The molecule has 0 saturated carbocycles. The lowest BCUT2D eigenvalue weighted by atomic mass is 10.1. The summed E-state index contributed by atoms with van der Waals surface area (Å²) in [6.07, 6.45) is 3.53. The van der Waals surface area contributed by atoms with E-state index in [4.69, 9.17) is 0 Å². The SMILES string of the molecule is CNC(C)(C)c1nccc(-c2ccccn2)n1. The van der Waals surface area contributed by atoms with E-state index in [9.17, 15) is 0 Å². The molecule has 0 aliphatic carbocycles. The van der Waals surface area contributed by atoms with Gasteiger partial charge in [0.1, 0.15) is 5.82 Å². The van der Waals surface area contributed by atoms with Crippen LogP contribution in [0.25, 0.3) is 11.4 Å². The quantitative estimate of drug-likeness (QED) is 0.873. The Morgan fingerprint density at radius 3 is 2.47 bits per heavy atom. The maximum absolute atomic E-state index is 4.55. The fourth-order valence-corrected chi connectivity index (χ4v) is 1.43. The molecule has 2 heterocycles. The Morgan fingerprint density at radius 2 is 1.82 bits per heavy atom. The molecule has 0 unspecified atom stereocenters. The first kappa shape index (κ1) is 11.7. The highest BCUT2D eigenvalue weighted by atomic mass is 15.0. The van der Waals surface area contributed by atoms with Crippen molar-refractivity contribution in [2.24, 2.45) is 0 Å². The number of hydrogen-bond donors (Lipinski definition) is 1. The van der Waals surface area contributed by atoms with Gasteiger partial charge in [0.2, 0.25) is 0 Å². The third-order valence-corrected chi connectivity index (χ3v) is 2.77. The van der Waals surface area contributed by atoms with E-state index in [1.165, 1.54) is 0 Å². The van der Waals surface area contributed by atoms with Crippen molar-refractivity contribution in [1.82, 2.24) is 20.3 Å². The molecule has 0 aliphatic heterocycles. The minimum Gasteiger partial charge on any atom is -0.308 e. The molecule has 0 saturated heterocycles. The van der Waals surface area contributed by atoms with E-state index in [2.05, 4.69) is 20.3 Å². The van der Waals surface area contributed by atoms with Crippen LogP contribution in [0.3, 0.4) is 0 Å². The van der Waals surface area contributed by atoms with Crippen LogP contribution >= 0.6 is 0 Å². The second-order valence-electron chi connectivity index (χ2n) is 4.36. The molecule has 2 rings (SSSR count). The van der Waals surface area contributed by atoms with E-state index in [0.29, 0.717) is 0 Å². The minimum absolute atomic E-state index is 0.245. The Labute approximate surface area is 101 Å². The zero-order valence-corrected chi connectivity index (χ0v) is 10.3. The zero-order valence-electron chi connectivity index (χ0n) is 10.3. The molecule has 1 N–H and O–H groups in total. The zero-order chi connectivity index (χ0) is 12.3. The number of rotatable bonds is 3. The van der Waals surface area contributed by atoms with Crippen LogP contribution in [0.4, 0.5) is 0 Å². The van der Waals surface area contributed by atoms with Gasteiger partial charge in [-0.15, -0.1) is 0 Å². The Balaban J connectivity index is 2.42. The standard InChI is InChI=1S/C13H16N4/c1-13(2,14-3)12-16-9-7-11(17-12)10-6-4-5-8-15-10/h4-9,14H,1-3H3. The number of aromatic nitrogens is 3. The van der Waals surface area contributed by atoms with Crippen molar-refractivity contribution in [2.75, 3.05) is 7.05 Å². The summed E-state index contributed by atoms with van der Waals surface area (Å²) in [4.78, 5) is 13.1. The smallest absolute Gasteiger partial charge is 0.148 e. The maximum atomic E-state index is 4.55. The maximum Gasteiger partial charge on any atom is 0.148 e. The summed E-state index contributed by atoms with van der Waals surface area (Å²) in [7, 11) is 1.90. The fourth-order valence-electron chi connectivity index (χ4n) is 1.43. The Kier molecular flexibility index (Phi) is 3.15. The second kappa shape index (κ2) is 4.59. The summed E-state index contributed by atoms with van der Waals surface area (Å²) in [6.45, 7) is 4.09. The molecule has 0 fully saturated rings. The van der Waals surface area contributed by atoms with Gasteiger partial charge in [-0.2, -0.15) is 0 Å². The van der Waals surface area contributed by atoms with Crippen molar-refractivity contribution in [3.8, 4) is 11.4 Å². The normalized spacial score (nSPS) is 11.5. The molecule has 0 amide bonds. The molecule has 4 heteroatoms. The largest absolute Gasteiger partial charge is 0.308 e. The van der Waals surface area contributed by atoms with Crippen LogP contribution in [0, 0.1) is 0 Å². The minimum atomic E-state index is -0.245. The first-order chi connectivity index (χ1) is 8.13. The van der Waals surface area contributed by atoms with E-state index in [1.807, 2.05) is 45.2 Å². The van der Waals surface area contributed by atoms with Crippen molar-refractivity contribution in [3.63, 3.8) is 0 Å². The lowest BCUT2D eigenvalue weighted by molar-refractivity contribution is 0.417. The summed E-state index contributed by atoms with van der Waals surface area (Å²) in [6, 6.07) is 7.66. The van der Waals surface area contributed by atoms with Crippen LogP contribution < -0.4 is 5.32 Å². The lowest BCUT2D eigenvalue weighted by Crippen LogP contribution is -2.35. The van der Waals surface area contributed by atoms with Crippen molar-refractivity contribution >= 4 is 0 Å². The first-order valence-electron chi connectivity index (χ1n) is 5.57. The van der Waals surface area contributed by atoms with Crippen molar-refractivity contribution in [2.45, 2.75) is 19.4 Å². The van der Waals surface area contributed by atoms with Gasteiger partial charge in [0.15, 0.2) is 0 Å². The van der Waals surface area contributed by atoms with E-state index >= 15 is 0 Å². The van der Waals surface area contributed by atoms with Gasteiger partial charge in [0, 0.05) is 12.4 Å². The molecule has 0 spiro atoms. The highest BCUT2D eigenvalue weighted by Gasteiger charge is 2.21. The predicted octanol–water partition coefficient (Wildman–Crippen LogP) is 1.99. The molecule has 88 valence electrons. The van der Waals surface area contributed by atoms with Gasteiger partial charge in [-0.25, -0.2) is 9.97 Å². The highest BCUT2D eigenvalue weighted by molar-refractivity contribution is 5.52. The number of hydrogen-bond acceptors (Lipinski definition) is 4. The molecule has 0 atom stereocenters. The van der Waals surface area contributed by atoms with Crippen LogP contribution in [0.2, 0.25) is 0 Å². The molecule has 2 aromatic heterocycles. The molecule has 0 aromatic carbocycles. The van der Waals surface area contributed by atoms with E-state index in [0.717, 1.165) is 17.2 Å².